The highest BCUT2D eigenvalue weighted by Crippen LogP contribution is 2.46. The molecule has 3 heterocycles. The van der Waals surface area contributed by atoms with Crippen LogP contribution >= 0.6 is 11.3 Å². The predicted molar refractivity (Wildman–Crippen MR) is 295 cm³/mol. The van der Waals surface area contributed by atoms with E-state index in [0.717, 1.165) is 55.7 Å². The molecular formula is C65H40N4S. The van der Waals surface area contributed by atoms with Crippen LogP contribution < -0.4 is 0 Å². The number of para-hydroxylation sites is 1. The van der Waals surface area contributed by atoms with Crippen LogP contribution in [0.3, 0.4) is 0 Å². The van der Waals surface area contributed by atoms with Crippen molar-refractivity contribution in [3.8, 4) is 73.2 Å². The van der Waals surface area contributed by atoms with Gasteiger partial charge in [-0.2, -0.15) is 0 Å². The van der Waals surface area contributed by atoms with Gasteiger partial charge in [-0.1, -0.05) is 200 Å². The highest BCUT2D eigenvalue weighted by atomic mass is 32.1. The van der Waals surface area contributed by atoms with Crippen molar-refractivity contribution in [2.75, 3.05) is 0 Å². The van der Waals surface area contributed by atoms with Crippen molar-refractivity contribution in [2.45, 2.75) is 0 Å². The van der Waals surface area contributed by atoms with Crippen molar-refractivity contribution < 1.29 is 0 Å². The number of rotatable bonds is 7. The lowest BCUT2D eigenvalue weighted by atomic mass is 9.93. The Bertz CT molecular complexity index is 4330. The van der Waals surface area contributed by atoms with Gasteiger partial charge in [-0.25, -0.2) is 15.0 Å². The molecule has 0 spiro atoms. The molecule has 0 bridgehead atoms. The molecule has 326 valence electrons. The van der Waals surface area contributed by atoms with Gasteiger partial charge in [0.05, 0.1) is 11.0 Å². The van der Waals surface area contributed by atoms with E-state index in [-0.39, 0.29) is 0 Å². The second-order valence-electron chi connectivity index (χ2n) is 17.9. The quantitative estimate of drug-likeness (QED) is 0.160. The van der Waals surface area contributed by atoms with Crippen molar-refractivity contribution in [3.63, 3.8) is 0 Å². The second kappa shape index (κ2) is 16.3. The summed E-state index contributed by atoms with van der Waals surface area (Å²) in [5, 5.41) is 9.85. The molecule has 5 heteroatoms. The molecule has 0 unspecified atom stereocenters. The van der Waals surface area contributed by atoms with E-state index in [1.165, 1.54) is 63.6 Å². The summed E-state index contributed by atoms with van der Waals surface area (Å²) in [5.74, 6) is 1.85. The van der Waals surface area contributed by atoms with Crippen LogP contribution in [0.25, 0.3) is 137 Å². The lowest BCUT2D eigenvalue weighted by molar-refractivity contribution is 1.07. The SMILES string of the molecule is c1ccc(-c2ccc(-c3ccc(-c4nc(-c5ccccc5)nc(-c5ccc(-n6c7ccccc7c7cc8ccccc8cc76)cc5-c5cccc6sc7c8ccccc8ccc7c56)n4)cc3)cc2)cc1. The Morgan fingerprint density at radius 1 is 0.300 bits per heavy atom. The van der Waals surface area contributed by atoms with Crippen LogP contribution in [0.4, 0.5) is 0 Å². The molecule has 0 aliphatic heterocycles. The van der Waals surface area contributed by atoms with Crippen molar-refractivity contribution in [1.29, 1.82) is 0 Å². The van der Waals surface area contributed by atoms with E-state index < -0.39 is 0 Å². The number of hydrogen-bond donors (Lipinski definition) is 0. The number of fused-ring (bicyclic) bond motifs is 9. The molecule has 11 aromatic carbocycles. The first-order valence-corrected chi connectivity index (χ1v) is 24.5. The van der Waals surface area contributed by atoms with Gasteiger partial charge in [-0.05, 0) is 97.4 Å². The molecule has 0 saturated carbocycles. The van der Waals surface area contributed by atoms with Gasteiger partial charge in [0.1, 0.15) is 0 Å². The van der Waals surface area contributed by atoms with Crippen LogP contribution in [-0.4, -0.2) is 19.5 Å². The fourth-order valence-corrected chi connectivity index (χ4v) is 11.7. The molecule has 0 saturated heterocycles. The molecular weight excluding hydrogens is 869 g/mol. The molecule has 4 nitrogen and oxygen atoms in total. The van der Waals surface area contributed by atoms with Crippen molar-refractivity contribution in [3.05, 3.63) is 243 Å². The van der Waals surface area contributed by atoms with Gasteiger partial charge in [-0.15, -0.1) is 11.3 Å². The monoisotopic (exact) mass is 908 g/mol. The summed E-state index contributed by atoms with van der Waals surface area (Å²) >= 11 is 1.86. The van der Waals surface area contributed by atoms with E-state index >= 15 is 0 Å². The summed E-state index contributed by atoms with van der Waals surface area (Å²) in [6.07, 6.45) is 0. The fraction of sp³-hybridized carbons (Fsp3) is 0. The summed E-state index contributed by atoms with van der Waals surface area (Å²) in [4.78, 5) is 15.9. The van der Waals surface area contributed by atoms with Gasteiger partial charge in [0, 0.05) is 53.3 Å². The highest BCUT2D eigenvalue weighted by Gasteiger charge is 2.22. The Morgan fingerprint density at radius 2 is 0.857 bits per heavy atom. The maximum atomic E-state index is 5.40. The zero-order valence-electron chi connectivity index (χ0n) is 37.8. The molecule has 0 amide bonds. The van der Waals surface area contributed by atoms with Crippen LogP contribution in [0, 0.1) is 0 Å². The third-order valence-electron chi connectivity index (χ3n) is 13.9. The minimum absolute atomic E-state index is 0.612. The molecule has 0 atom stereocenters. The van der Waals surface area contributed by atoms with E-state index in [4.69, 9.17) is 15.0 Å². The molecule has 0 radical (unpaired) electrons. The maximum Gasteiger partial charge on any atom is 0.164 e. The Morgan fingerprint density at radius 3 is 1.57 bits per heavy atom. The third kappa shape index (κ3) is 6.70. The second-order valence-corrected chi connectivity index (χ2v) is 19.0. The van der Waals surface area contributed by atoms with Gasteiger partial charge >= 0.3 is 0 Å². The zero-order valence-corrected chi connectivity index (χ0v) is 38.6. The fourth-order valence-electron chi connectivity index (χ4n) is 10.4. The van der Waals surface area contributed by atoms with Crippen LogP contribution in [0.1, 0.15) is 0 Å². The van der Waals surface area contributed by atoms with Gasteiger partial charge < -0.3 is 4.57 Å². The Hall–Kier alpha value is -9.03. The zero-order chi connectivity index (χ0) is 46.1. The smallest absolute Gasteiger partial charge is 0.164 e. The topological polar surface area (TPSA) is 43.6 Å². The van der Waals surface area contributed by atoms with Gasteiger partial charge in [-0.3, -0.25) is 0 Å². The van der Waals surface area contributed by atoms with E-state index in [9.17, 15) is 0 Å². The molecule has 14 aromatic rings. The van der Waals surface area contributed by atoms with E-state index in [1.807, 2.05) is 29.5 Å². The summed E-state index contributed by atoms with van der Waals surface area (Å²) in [5.41, 5.74) is 13.0. The Balaban J connectivity index is 0.987. The Kier molecular flexibility index (Phi) is 9.36. The number of thiophene rings is 1. The highest BCUT2D eigenvalue weighted by molar-refractivity contribution is 7.26. The van der Waals surface area contributed by atoms with E-state index in [1.54, 1.807) is 0 Å². The average molecular weight is 909 g/mol. The molecule has 0 aliphatic carbocycles. The van der Waals surface area contributed by atoms with Crippen molar-refractivity contribution >= 4 is 74.9 Å². The van der Waals surface area contributed by atoms with Gasteiger partial charge in [0.2, 0.25) is 0 Å². The summed E-state index contributed by atoms with van der Waals surface area (Å²) in [7, 11) is 0. The lowest BCUT2D eigenvalue weighted by Gasteiger charge is -2.16. The normalized spacial score (nSPS) is 11.7. The molecule has 0 N–H and O–H groups in total. The van der Waals surface area contributed by atoms with Crippen molar-refractivity contribution in [1.82, 2.24) is 19.5 Å². The van der Waals surface area contributed by atoms with Crippen LogP contribution in [-0.2, 0) is 0 Å². The number of benzene rings is 11. The summed E-state index contributed by atoms with van der Waals surface area (Å²) in [6, 6.07) is 87.0. The first kappa shape index (κ1) is 40.1. The molecule has 0 fully saturated rings. The van der Waals surface area contributed by atoms with Crippen LogP contribution in [0.2, 0.25) is 0 Å². The molecule has 3 aromatic heterocycles. The summed E-state index contributed by atoms with van der Waals surface area (Å²) in [6.45, 7) is 0. The lowest BCUT2D eigenvalue weighted by Crippen LogP contribution is -2.02. The minimum Gasteiger partial charge on any atom is -0.309 e. The first-order valence-electron chi connectivity index (χ1n) is 23.7. The predicted octanol–water partition coefficient (Wildman–Crippen LogP) is 17.6. The standard InChI is InChI=1S/C65H40N4S/c1-3-14-41(15-4-1)42-26-28-43(29-27-42)44-30-32-47(33-31-44)64-66-63(46-17-5-2-6-18-46)67-65(68-64)54-37-35-50(69-58-24-12-11-22-52(58)57-38-48-19-7-8-20-49(48)39-59(57)69)40-56(54)53-23-13-25-60-61(53)55-36-34-45-16-9-10-21-51(45)62(55)70-60/h1-40H. The number of aromatic nitrogens is 4. The summed E-state index contributed by atoms with van der Waals surface area (Å²) < 4.78 is 4.95. The van der Waals surface area contributed by atoms with Crippen LogP contribution in [0.5, 0.6) is 0 Å². The molecule has 70 heavy (non-hydrogen) atoms. The molecule has 14 rings (SSSR count). The van der Waals surface area contributed by atoms with E-state index in [0.29, 0.717) is 17.5 Å². The third-order valence-corrected chi connectivity index (χ3v) is 15.1. The van der Waals surface area contributed by atoms with Crippen LogP contribution in [0.15, 0.2) is 243 Å². The van der Waals surface area contributed by atoms with Crippen molar-refractivity contribution in [2.24, 2.45) is 0 Å². The first-order chi connectivity index (χ1) is 34.7. The average Bonchev–Trinajstić information content (AvgIpc) is 3.99. The van der Waals surface area contributed by atoms with E-state index in [2.05, 4.69) is 229 Å². The Labute approximate surface area is 408 Å². The molecule has 0 aliphatic rings. The van der Waals surface area contributed by atoms with Gasteiger partial charge in [0.25, 0.3) is 0 Å². The van der Waals surface area contributed by atoms with Gasteiger partial charge in [0.15, 0.2) is 17.5 Å². The number of hydrogen-bond acceptors (Lipinski definition) is 4. The maximum absolute atomic E-state index is 5.40. The largest absolute Gasteiger partial charge is 0.309 e. The number of nitrogens with zero attached hydrogens (tertiary/aromatic N) is 4. The minimum atomic E-state index is 0.612.